The molecule has 0 bridgehead atoms. The van der Waals surface area contributed by atoms with Crippen molar-refractivity contribution < 1.29 is 17.7 Å². The fourth-order valence-electron chi connectivity index (χ4n) is 4.42. The number of nitrogens with zero attached hydrogens (tertiary/aromatic N) is 1. The third-order valence-corrected chi connectivity index (χ3v) is 7.29. The van der Waals surface area contributed by atoms with E-state index in [-0.39, 0.29) is 6.04 Å². The number of aliphatic imine (C=N–C) groups is 1. The van der Waals surface area contributed by atoms with Crippen molar-refractivity contribution in [2.75, 3.05) is 6.61 Å². The van der Waals surface area contributed by atoms with Crippen LogP contribution in [0.4, 0.5) is 0 Å². The number of benzene rings is 4. The molecule has 1 aliphatic rings. The molecule has 5 aromatic rings. The van der Waals surface area contributed by atoms with Gasteiger partial charge in [0.2, 0.25) is 5.90 Å². The summed E-state index contributed by atoms with van der Waals surface area (Å²) in [4.78, 5) is 4.59. The van der Waals surface area contributed by atoms with Gasteiger partial charge >= 0.3 is 8.24 Å². The summed E-state index contributed by atoms with van der Waals surface area (Å²) in [5.74, 6) is 0.575. The van der Waals surface area contributed by atoms with Gasteiger partial charge in [0.15, 0.2) is 5.60 Å². The third kappa shape index (κ3) is 3.49. The van der Waals surface area contributed by atoms with Crippen LogP contribution in [-0.4, -0.2) is 24.1 Å². The van der Waals surface area contributed by atoms with Gasteiger partial charge in [0.1, 0.15) is 17.8 Å². The van der Waals surface area contributed by atoms with E-state index in [1.165, 1.54) is 0 Å². The van der Waals surface area contributed by atoms with Crippen LogP contribution in [0.25, 0.3) is 43.5 Å². The number of ether oxygens (including phenoxy) is 1. The van der Waals surface area contributed by atoms with Gasteiger partial charge in [-0.2, -0.15) is 0 Å². The molecule has 0 fully saturated rings. The molecule has 1 aromatic heterocycles. The van der Waals surface area contributed by atoms with Crippen LogP contribution >= 0.6 is 8.24 Å². The van der Waals surface area contributed by atoms with Gasteiger partial charge in [0.05, 0.1) is 6.04 Å². The third-order valence-electron chi connectivity index (χ3n) is 5.99. The lowest BCUT2D eigenvalue weighted by molar-refractivity contribution is 0.188. The first kappa shape index (κ1) is 20.3. The van der Waals surface area contributed by atoms with Crippen molar-refractivity contribution in [2.24, 2.45) is 4.99 Å². The standard InChI is InChI=1S/C27H24NO4P/c1-17-16-29-26(28-17)27(2,3)32-33-30-22-14-12-18-8-4-6-10-20(18)24(22)25-21-11-7-5-9-19(21)13-15-23(25)31-33/h4-15,17H,16H2,1-3H3/t17-/m0/s1. The molecule has 0 N–H and O–H groups in total. The van der Waals surface area contributed by atoms with Crippen LogP contribution in [0.5, 0.6) is 0 Å². The molecule has 6 heteroatoms. The Labute approximate surface area is 192 Å². The molecule has 166 valence electrons. The van der Waals surface area contributed by atoms with Crippen LogP contribution < -0.4 is 4.52 Å². The number of hydrogen-bond acceptors (Lipinski definition) is 5. The molecule has 0 saturated carbocycles. The van der Waals surface area contributed by atoms with Crippen LogP contribution in [0.2, 0.25) is 0 Å². The normalized spacial score (nSPS) is 16.5. The Morgan fingerprint density at radius 3 is 1.88 bits per heavy atom. The molecule has 1 aliphatic heterocycles. The van der Waals surface area contributed by atoms with Gasteiger partial charge in [0, 0.05) is 10.8 Å². The highest BCUT2D eigenvalue weighted by Crippen LogP contribution is 2.41. The van der Waals surface area contributed by atoms with E-state index in [9.17, 15) is 0 Å². The SMILES string of the molecule is C[C@H]1COC(C(C)(C)Op2oc3ccc4ccccc4c3c3c(ccc4ccccc43)o2)=N1. The van der Waals surface area contributed by atoms with Gasteiger partial charge < -0.3 is 13.1 Å². The first-order valence-corrected chi connectivity index (χ1v) is 12.2. The second kappa shape index (κ2) is 7.65. The highest BCUT2D eigenvalue weighted by molar-refractivity contribution is 7.32. The van der Waals surface area contributed by atoms with Crippen molar-refractivity contribution in [1.82, 2.24) is 0 Å². The molecule has 0 spiro atoms. The molecule has 6 rings (SSSR count). The lowest BCUT2D eigenvalue weighted by Gasteiger charge is -2.21. The van der Waals surface area contributed by atoms with E-state index in [4.69, 9.17) is 17.7 Å². The molecule has 0 unspecified atom stereocenters. The summed E-state index contributed by atoms with van der Waals surface area (Å²) in [6.45, 7) is 6.46. The molecule has 4 aromatic carbocycles. The van der Waals surface area contributed by atoms with Gasteiger partial charge in [-0.25, -0.2) is 4.99 Å². The molecule has 0 radical (unpaired) electrons. The summed E-state index contributed by atoms with van der Waals surface area (Å²) in [5, 5.41) is 6.57. The molecule has 5 nitrogen and oxygen atoms in total. The molecule has 0 saturated heterocycles. The van der Waals surface area contributed by atoms with Crippen LogP contribution in [-0.2, 0) is 4.74 Å². The van der Waals surface area contributed by atoms with Crippen molar-refractivity contribution in [3.63, 3.8) is 0 Å². The molecule has 0 amide bonds. The maximum atomic E-state index is 6.43. The number of fused-ring (bicyclic) bond motifs is 7. The minimum absolute atomic E-state index is 0.116. The fourth-order valence-corrected chi connectivity index (χ4v) is 5.60. The summed E-state index contributed by atoms with van der Waals surface area (Å²) in [6.07, 6.45) is 0. The van der Waals surface area contributed by atoms with Gasteiger partial charge in [-0.3, -0.25) is 4.52 Å². The lowest BCUT2D eigenvalue weighted by Crippen LogP contribution is -2.37. The Morgan fingerprint density at radius 2 is 1.36 bits per heavy atom. The first-order valence-electron chi connectivity index (χ1n) is 11.1. The summed E-state index contributed by atoms with van der Waals surface area (Å²) >= 11 is 0. The quantitative estimate of drug-likeness (QED) is 0.280. The highest BCUT2D eigenvalue weighted by Gasteiger charge is 2.35. The molecule has 33 heavy (non-hydrogen) atoms. The smallest absolute Gasteiger partial charge is 0.388 e. The van der Waals surface area contributed by atoms with Crippen molar-refractivity contribution in [3.05, 3.63) is 72.8 Å². The number of rotatable bonds is 3. The zero-order chi connectivity index (χ0) is 22.6. The van der Waals surface area contributed by atoms with E-state index in [1.54, 1.807) is 0 Å². The zero-order valence-electron chi connectivity index (χ0n) is 18.7. The minimum atomic E-state index is -1.76. The molecule has 0 aliphatic carbocycles. The van der Waals surface area contributed by atoms with E-state index in [0.717, 1.165) is 43.5 Å². The maximum absolute atomic E-state index is 6.43. The maximum Gasteiger partial charge on any atom is 0.388 e. The second-order valence-corrected chi connectivity index (χ2v) is 9.92. The monoisotopic (exact) mass is 457 g/mol. The van der Waals surface area contributed by atoms with E-state index in [2.05, 4.69) is 65.7 Å². The van der Waals surface area contributed by atoms with Gasteiger partial charge in [-0.05, 0) is 54.4 Å². The van der Waals surface area contributed by atoms with Crippen LogP contribution in [0.3, 0.4) is 0 Å². The minimum Gasteiger partial charge on any atom is -0.477 e. The van der Waals surface area contributed by atoms with Gasteiger partial charge in [-0.15, -0.1) is 0 Å². The number of hydrogen-bond donors (Lipinski definition) is 0. The van der Waals surface area contributed by atoms with E-state index in [1.807, 2.05) is 32.9 Å². The van der Waals surface area contributed by atoms with Crippen molar-refractivity contribution in [1.29, 1.82) is 0 Å². The van der Waals surface area contributed by atoms with Crippen LogP contribution in [0, 0.1) is 0 Å². The first-order chi connectivity index (χ1) is 16.0. The molecule has 1 atom stereocenters. The van der Waals surface area contributed by atoms with Gasteiger partial charge in [-0.1, -0.05) is 60.7 Å². The van der Waals surface area contributed by atoms with Crippen molar-refractivity contribution in [3.8, 4) is 0 Å². The summed E-state index contributed by atoms with van der Waals surface area (Å²) in [6, 6.07) is 25.0. The van der Waals surface area contributed by atoms with Gasteiger partial charge in [0.25, 0.3) is 0 Å². The largest absolute Gasteiger partial charge is 0.477 e. The van der Waals surface area contributed by atoms with Crippen molar-refractivity contribution in [2.45, 2.75) is 32.4 Å². The fraction of sp³-hybridized carbons (Fsp3) is 0.222. The summed E-state index contributed by atoms with van der Waals surface area (Å²) in [7, 11) is -1.76. The Hall–Kier alpha value is -3.27. The Bertz CT molecular complexity index is 1500. The summed E-state index contributed by atoms with van der Waals surface area (Å²) < 4.78 is 25.0. The van der Waals surface area contributed by atoms with Crippen LogP contribution in [0.15, 0.2) is 86.2 Å². The second-order valence-electron chi connectivity index (χ2n) is 8.92. The van der Waals surface area contributed by atoms with E-state index < -0.39 is 13.8 Å². The van der Waals surface area contributed by atoms with Crippen LogP contribution in [0.1, 0.15) is 20.8 Å². The molecular weight excluding hydrogens is 433 g/mol. The predicted molar refractivity (Wildman–Crippen MR) is 135 cm³/mol. The van der Waals surface area contributed by atoms with E-state index >= 15 is 0 Å². The van der Waals surface area contributed by atoms with Crippen molar-refractivity contribution >= 4 is 57.6 Å². The topological polar surface area (TPSA) is 57.1 Å². The highest BCUT2D eigenvalue weighted by atomic mass is 31.1. The average molecular weight is 457 g/mol. The predicted octanol–water partition coefficient (Wildman–Crippen LogP) is 7.62. The Kier molecular flexibility index (Phi) is 4.72. The lowest BCUT2D eigenvalue weighted by atomic mass is 9.99. The molecule has 2 heterocycles. The zero-order valence-corrected chi connectivity index (χ0v) is 19.6. The summed E-state index contributed by atoms with van der Waals surface area (Å²) in [5.41, 5.74) is 0.705. The Morgan fingerprint density at radius 1 is 0.818 bits per heavy atom. The molecular formula is C27H24NO4P. The average Bonchev–Trinajstić information content (AvgIpc) is 3.19. The van der Waals surface area contributed by atoms with E-state index in [0.29, 0.717) is 12.5 Å². The Balaban J connectivity index is 1.69.